The molecule has 3 heteroatoms. The number of aliphatic hydroxyl groups is 1. The van der Waals surface area contributed by atoms with E-state index >= 15 is 0 Å². The molecule has 0 saturated heterocycles. The molecular formula is C9H15NO2. The van der Waals surface area contributed by atoms with Crippen LogP contribution < -0.4 is 0 Å². The summed E-state index contributed by atoms with van der Waals surface area (Å²) in [7, 11) is 1.64. The summed E-state index contributed by atoms with van der Waals surface area (Å²) < 4.78 is 5.05. The average Bonchev–Trinajstić information content (AvgIpc) is 1.97. The van der Waals surface area contributed by atoms with Crippen LogP contribution in [0.3, 0.4) is 0 Å². The highest BCUT2D eigenvalue weighted by Crippen LogP contribution is 2.44. The molecule has 1 saturated carbocycles. The van der Waals surface area contributed by atoms with Crippen molar-refractivity contribution in [2.75, 3.05) is 13.7 Å². The van der Waals surface area contributed by atoms with Crippen LogP contribution in [-0.2, 0) is 4.74 Å². The predicted octanol–water partition coefficient (Wildman–Crippen LogP) is 1.08. The van der Waals surface area contributed by atoms with E-state index in [1.807, 2.05) is 6.07 Å². The summed E-state index contributed by atoms with van der Waals surface area (Å²) in [5, 5.41) is 18.1. The van der Waals surface area contributed by atoms with Crippen LogP contribution in [-0.4, -0.2) is 24.9 Å². The Morgan fingerprint density at radius 3 is 2.67 bits per heavy atom. The number of hydrogen-bond acceptors (Lipinski definition) is 3. The molecule has 1 fully saturated rings. The van der Waals surface area contributed by atoms with E-state index in [4.69, 9.17) is 10.00 Å². The topological polar surface area (TPSA) is 53.2 Å². The van der Waals surface area contributed by atoms with Crippen LogP contribution >= 0.6 is 0 Å². The second-order valence-electron chi connectivity index (χ2n) is 3.53. The number of hydrogen-bond donors (Lipinski definition) is 1. The van der Waals surface area contributed by atoms with Crippen LogP contribution in [0.2, 0.25) is 0 Å². The van der Waals surface area contributed by atoms with E-state index in [2.05, 4.69) is 0 Å². The standard InChI is InChI=1S/C9H15NO2/c1-12-7-9(4-2-5-9)8(11)3-6-10/h8,11H,2-5,7H2,1H3. The van der Waals surface area contributed by atoms with Crippen molar-refractivity contribution in [3.8, 4) is 6.07 Å². The monoisotopic (exact) mass is 169 g/mol. The molecule has 0 amide bonds. The fourth-order valence-corrected chi connectivity index (χ4v) is 1.80. The van der Waals surface area contributed by atoms with Crippen molar-refractivity contribution < 1.29 is 9.84 Å². The highest BCUT2D eigenvalue weighted by molar-refractivity contribution is 4.96. The molecular weight excluding hydrogens is 154 g/mol. The van der Waals surface area contributed by atoms with E-state index in [9.17, 15) is 5.11 Å². The SMILES string of the molecule is COCC1(C(O)CC#N)CCC1. The molecule has 1 atom stereocenters. The van der Waals surface area contributed by atoms with E-state index in [-0.39, 0.29) is 11.8 Å². The molecule has 12 heavy (non-hydrogen) atoms. The van der Waals surface area contributed by atoms with Gasteiger partial charge in [0.2, 0.25) is 0 Å². The Morgan fingerprint density at radius 1 is 1.67 bits per heavy atom. The Balaban J connectivity index is 2.48. The molecule has 3 nitrogen and oxygen atoms in total. The van der Waals surface area contributed by atoms with Gasteiger partial charge >= 0.3 is 0 Å². The number of methoxy groups -OCH3 is 1. The molecule has 0 aromatic carbocycles. The Kier molecular flexibility index (Phi) is 3.07. The number of nitriles is 1. The van der Waals surface area contributed by atoms with E-state index in [0.29, 0.717) is 6.61 Å². The Labute approximate surface area is 73.0 Å². The van der Waals surface area contributed by atoms with Crippen molar-refractivity contribution >= 4 is 0 Å². The molecule has 1 unspecified atom stereocenters. The molecule has 0 heterocycles. The van der Waals surface area contributed by atoms with Crippen molar-refractivity contribution in [3.63, 3.8) is 0 Å². The zero-order valence-corrected chi connectivity index (χ0v) is 7.42. The smallest absolute Gasteiger partial charge is 0.0748 e. The third-order valence-corrected chi connectivity index (χ3v) is 2.77. The number of rotatable bonds is 4. The molecule has 1 aliphatic rings. The second kappa shape index (κ2) is 3.88. The van der Waals surface area contributed by atoms with Gasteiger partial charge < -0.3 is 9.84 Å². The highest BCUT2D eigenvalue weighted by atomic mass is 16.5. The van der Waals surface area contributed by atoms with Gasteiger partial charge in [-0.2, -0.15) is 5.26 Å². The van der Waals surface area contributed by atoms with Gasteiger partial charge in [-0.25, -0.2) is 0 Å². The zero-order chi connectivity index (χ0) is 9.03. The maximum Gasteiger partial charge on any atom is 0.0748 e. The van der Waals surface area contributed by atoms with Crippen molar-refractivity contribution in [1.82, 2.24) is 0 Å². The minimum Gasteiger partial charge on any atom is -0.391 e. The molecule has 1 aliphatic carbocycles. The fraction of sp³-hybridized carbons (Fsp3) is 0.889. The normalized spacial score (nSPS) is 22.4. The zero-order valence-electron chi connectivity index (χ0n) is 7.42. The lowest BCUT2D eigenvalue weighted by Gasteiger charge is -2.44. The maximum absolute atomic E-state index is 9.65. The van der Waals surface area contributed by atoms with Crippen molar-refractivity contribution in [2.45, 2.75) is 31.8 Å². The number of ether oxygens (including phenoxy) is 1. The van der Waals surface area contributed by atoms with Crippen LogP contribution in [0.15, 0.2) is 0 Å². The van der Waals surface area contributed by atoms with E-state index in [1.165, 1.54) is 0 Å². The lowest BCUT2D eigenvalue weighted by atomic mass is 9.65. The summed E-state index contributed by atoms with van der Waals surface area (Å²) in [4.78, 5) is 0. The fourth-order valence-electron chi connectivity index (χ4n) is 1.80. The van der Waals surface area contributed by atoms with Crippen LogP contribution in [0.1, 0.15) is 25.7 Å². The van der Waals surface area contributed by atoms with E-state index in [0.717, 1.165) is 19.3 Å². The molecule has 0 spiro atoms. The molecule has 0 aromatic heterocycles. The summed E-state index contributed by atoms with van der Waals surface area (Å²) in [6.07, 6.45) is 2.85. The Bertz CT molecular complexity index is 181. The van der Waals surface area contributed by atoms with Crippen LogP contribution in [0.4, 0.5) is 0 Å². The molecule has 0 radical (unpaired) electrons. The third kappa shape index (κ3) is 1.60. The van der Waals surface area contributed by atoms with Crippen LogP contribution in [0.5, 0.6) is 0 Å². The quantitative estimate of drug-likeness (QED) is 0.685. The summed E-state index contributed by atoms with van der Waals surface area (Å²) in [6, 6.07) is 1.99. The first-order valence-electron chi connectivity index (χ1n) is 4.29. The van der Waals surface area contributed by atoms with Crippen molar-refractivity contribution in [2.24, 2.45) is 5.41 Å². The third-order valence-electron chi connectivity index (χ3n) is 2.77. The summed E-state index contributed by atoms with van der Waals surface area (Å²) in [5.74, 6) is 0. The van der Waals surface area contributed by atoms with Crippen LogP contribution in [0.25, 0.3) is 0 Å². The van der Waals surface area contributed by atoms with Crippen molar-refractivity contribution in [1.29, 1.82) is 5.26 Å². The first-order valence-corrected chi connectivity index (χ1v) is 4.29. The van der Waals surface area contributed by atoms with Crippen LogP contribution in [0, 0.1) is 16.7 Å². The average molecular weight is 169 g/mol. The van der Waals surface area contributed by atoms with Gasteiger partial charge in [-0.1, -0.05) is 6.42 Å². The van der Waals surface area contributed by atoms with Crippen molar-refractivity contribution in [3.05, 3.63) is 0 Å². The summed E-state index contributed by atoms with van der Waals surface area (Å²) in [5.41, 5.74) is -0.107. The van der Waals surface area contributed by atoms with Gasteiger partial charge in [0.05, 0.1) is 25.2 Å². The van der Waals surface area contributed by atoms with Gasteiger partial charge in [-0.05, 0) is 12.8 Å². The molecule has 1 rings (SSSR count). The van der Waals surface area contributed by atoms with E-state index in [1.54, 1.807) is 7.11 Å². The molecule has 0 aliphatic heterocycles. The van der Waals surface area contributed by atoms with Gasteiger partial charge in [0.25, 0.3) is 0 Å². The minimum atomic E-state index is -0.504. The first kappa shape index (κ1) is 9.50. The number of aliphatic hydroxyl groups excluding tert-OH is 1. The molecule has 0 aromatic rings. The van der Waals surface area contributed by atoms with Gasteiger partial charge in [-0.3, -0.25) is 0 Å². The summed E-state index contributed by atoms with van der Waals surface area (Å²) >= 11 is 0. The van der Waals surface area contributed by atoms with Gasteiger partial charge in [0.15, 0.2) is 0 Å². The predicted molar refractivity (Wildman–Crippen MR) is 44.4 cm³/mol. The lowest BCUT2D eigenvalue weighted by molar-refractivity contribution is -0.0794. The molecule has 1 N–H and O–H groups in total. The second-order valence-corrected chi connectivity index (χ2v) is 3.53. The highest BCUT2D eigenvalue weighted by Gasteiger charge is 2.43. The lowest BCUT2D eigenvalue weighted by Crippen LogP contribution is -2.44. The Hall–Kier alpha value is -0.590. The largest absolute Gasteiger partial charge is 0.391 e. The maximum atomic E-state index is 9.65. The Morgan fingerprint density at radius 2 is 2.33 bits per heavy atom. The first-order chi connectivity index (χ1) is 5.75. The van der Waals surface area contributed by atoms with Gasteiger partial charge in [-0.15, -0.1) is 0 Å². The molecule has 68 valence electrons. The number of nitrogens with zero attached hydrogens (tertiary/aromatic N) is 1. The van der Waals surface area contributed by atoms with E-state index < -0.39 is 6.10 Å². The molecule has 0 bridgehead atoms. The minimum absolute atomic E-state index is 0.107. The van der Waals surface area contributed by atoms with Gasteiger partial charge in [0.1, 0.15) is 0 Å². The van der Waals surface area contributed by atoms with Gasteiger partial charge in [0, 0.05) is 12.5 Å². The summed E-state index contributed by atoms with van der Waals surface area (Å²) in [6.45, 7) is 0.579.